The molecule has 0 fully saturated rings. The predicted octanol–water partition coefficient (Wildman–Crippen LogP) is 2.28. The molecular formula is C10H10BrN3O2S. The van der Waals surface area contributed by atoms with Crippen LogP contribution in [0.25, 0.3) is 0 Å². The number of H-pyrrole nitrogens is 1. The predicted molar refractivity (Wildman–Crippen MR) is 68.3 cm³/mol. The molecule has 0 saturated heterocycles. The van der Waals surface area contributed by atoms with Gasteiger partial charge in [0, 0.05) is 4.47 Å². The number of halogens is 1. The summed E-state index contributed by atoms with van der Waals surface area (Å²) in [4.78, 5) is 0. The molecular weight excluding hydrogens is 306 g/mol. The molecule has 5 nitrogen and oxygen atoms in total. The van der Waals surface area contributed by atoms with Crippen LogP contribution in [0.1, 0.15) is 5.56 Å². The van der Waals surface area contributed by atoms with E-state index in [0.717, 1.165) is 10.0 Å². The van der Waals surface area contributed by atoms with E-state index in [9.17, 15) is 8.42 Å². The lowest BCUT2D eigenvalue weighted by Crippen LogP contribution is -2.14. The first-order chi connectivity index (χ1) is 7.99. The molecule has 7 heteroatoms. The molecule has 2 aromatic rings. The Morgan fingerprint density at radius 3 is 2.71 bits per heavy atom. The zero-order valence-corrected chi connectivity index (χ0v) is 11.3. The highest BCUT2D eigenvalue weighted by Crippen LogP contribution is 2.22. The summed E-state index contributed by atoms with van der Waals surface area (Å²) in [6.45, 7) is 1.83. The van der Waals surface area contributed by atoms with Gasteiger partial charge in [0.1, 0.15) is 0 Å². The van der Waals surface area contributed by atoms with Gasteiger partial charge in [-0.2, -0.15) is 13.5 Å². The Labute approximate surface area is 107 Å². The van der Waals surface area contributed by atoms with E-state index in [4.69, 9.17) is 0 Å². The number of nitrogens with zero attached hydrogens (tertiary/aromatic N) is 1. The molecule has 1 aromatic heterocycles. The fraction of sp³-hybridized carbons (Fsp3) is 0.100. The summed E-state index contributed by atoms with van der Waals surface area (Å²) in [5.74, 6) is 0. The van der Waals surface area contributed by atoms with Gasteiger partial charge in [-0.3, -0.25) is 9.82 Å². The topological polar surface area (TPSA) is 74.8 Å². The maximum absolute atomic E-state index is 11.9. The number of benzene rings is 1. The van der Waals surface area contributed by atoms with Crippen molar-refractivity contribution in [2.45, 2.75) is 11.9 Å². The summed E-state index contributed by atoms with van der Waals surface area (Å²) in [6, 6.07) is 6.71. The van der Waals surface area contributed by atoms with Crippen molar-refractivity contribution in [2.24, 2.45) is 0 Å². The number of aromatic amines is 1. The van der Waals surface area contributed by atoms with E-state index in [1.165, 1.54) is 12.3 Å². The Kier molecular flexibility index (Phi) is 3.21. The Morgan fingerprint density at radius 2 is 2.12 bits per heavy atom. The fourth-order valence-corrected chi connectivity index (χ4v) is 2.85. The number of rotatable bonds is 3. The first kappa shape index (κ1) is 12.1. The second-order valence-corrected chi connectivity index (χ2v) is 6.05. The van der Waals surface area contributed by atoms with Gasteiger partial charge in [-0.15, -0.1) is 0 Å². The van der Waals surface area contributed by atoms with Crippen molar-refractivity contribution in [3.05, 3.63) is 40.5 Å². The SMILES string of the molecule is Cc1cc(Br)ccc1NS(=O)(=O)c1ccn[nH]1. The molecule has 0 aliphatic rings. The average molecular weight is 316 g/mol. The molecule has 0 spiro atoms. The van der Waals surface area contributed by atoms with Gasteiger partial charge in [-0.1, -0.05) is 15.9 Å². The number of hydrogen-bond acceptors (Lipinski definition) is 3. The van der Waals surface area contributed by atoms with Crippen molar-refractivity contribution in [1.82, 2.24) is 10.2 Å². The van der Waals surface area contributed by atoms with Crippen LogP contribution in [0.2, 0.25) is 0 Å². The lowest BCUT2D eigenvalue weighted by Gasteiger charge is -2.09. The first-order valence-electron chi connectivity index (χ1n) is 4.77. The fourth-order valence-electron chi connectivity index (χ4n) is 1.33. The minimum Gasteiger partial charge on any atom is -0.278 e. The van der Waals surface area contributed by atoms with Gasteiger partial charge in [0.15, 0.2) is 5.03 Å². The highest BCUT2D eigenvalue weighted by molar-refractivity contribution is 9.10. The zero-order chi connectivity index (χ0) is 12.5. The second-order valence-electron chi connectivity index (χ2n) is 3.49. The van der Waals surface area contributed by atoms with E-state index >= 15 is 0 Å². The molecule has 2 N–H and O–H groups in total. The third-order valence-corrected chi connectivity index (χ3v) is 3.99. The number of nitrogens with one attached hydrogen (secondary N) is 2. The van der Waals surface area contributed by atoms with Gasteiger partial charge in [-0.25, -0.2) is 0 Å². The quantitative estimate of drug-likeness (QED) is 0.912. The molecule has 0 aliphatic carbocycles. The second kappa shape index (κ2) is 4.50. The largest absolute Gasteiger partial charge is 0.278 e. The van der Waals surface area contributed by atoms with E-state index in [2.05, 4.69) is 30.8 Å². The van der Waals surface area contributed by atoms with Crippen molar-refractivity contribution in [3.63, 3.8) is 0 Å². The van der Waals surface area contributed by atoms with Gasteiger partial charge < -0.3 is 0 Å². The van der Waals surface area contributed by atoms with E-state index in [0.29, 0.717) is 5.69 Å². The summed E-state index contributed by atoms with van der Waals surface area (Å²) < 4.78 is 27.2. The van der Waals surface area contributed by atoms with Crippen LogP contribution in [0, 0.1) is 6.92 Å². The summed E-state index contributed by atoms with van der Waals surface area (Å²) in [5.41, 5.74) is 1.38. The van der Waals surface area contributed by atoms with Crippen molar-refractivity contribution >= 4 is 31.6 Å². The number of hydrogen-bond donors (Lipinski definition) is 2. The number of aryl methyl sites for hydroxylation is 1. The van der Waals surface area contributed by atoms with Crippen molar-refractivity contribution in [1.29, 1.82) is 0 Å². The highest BCUT2D eigenvalue weighted by Gasteiger charge is 2.16. The van der Waals surface area contributed by atoms with Crippen LogP contribution >= 0.6 is 15.9 Å². The van der Waals surface area contributed by atoms with Crippen LogP contribution < -0.4 is 4.72 Å². The standard InChI is InChI=1S/C10H10BrN3O2S/c1-7-6-8(11)2-3-9(7)14-17(15,16)10-4-5-12-13-10/h2-6,14H,1H3,(H,12,13). The molecule has 0 aliphatic heterocycles. The summed E-state index contributed by atoms with van der Waals surface area (Å²) >= 11 is 3.32. The minimum atomic E-state index is -3.59. The molecule has 0 radical (unpaired) electrons. The molecule has 17 heavy (non-hydrogen) atoms. The van der Waals surface area contributed by atoms with E-state index < -0.39 is 10.0 Å². The monoisotopic (exact) mass is 315 g/mol. The Hall–Kier alpha value is -1.34. The van der Waals surface area contributed by atoms with Crippen LogP contribution in [0.4, 0.5) is 5.69 Å². The van der Waals surface area contributed by atoms with Crippen LogP contribution in [-0.2, 0) is 10.0 Å². The molecule has 90 valence electrons. The van der Waals surface area contributed by atoms with Crippen LogP contribution in [0.5, 0.6) is 0 Å². The van der Waals surface area contributed by atoms with Gasteiger partial charge >= 0.3 is 0 Å². The minimum absolute atomic E-state index is 0.0415. The molecule has 0 unspecified atom stereocenters. The average Bonchev–Trinajstić information content (AvgIpc) is 2.76. The molecule has 0 saturated carbocycles. The highest BCUT2D eigenvalue weighted by atomic mass is 79.9. The normalized spacial score (nSPS) is 11.4. The number of sulfonamides is 1. The third-order valence-electron chi connectivity index (χ3n) is 2.20. The molecule has 1 heterocycles. The van der Waals surface area contributed by atoms with Gasteiger partial charge in [0.25, 0.3) is 10.0 Å². The van der Waals surface area contributed by atoms with E-state index in [-0.39, 0.29) is 5.03 Å². The van der Waals surface area contributed by atoms with Crippen LogP contribution in [0.15, 0.2) is 40.0 Å². The number of aromatic nitrogens is 2. The van der Waals surface area contributed by atoms with Gasteiger partial charge in [-0.05, 0) is 36.8 Å². The lowest BCUT2D eigenvalue weighted by atomic mass is 10.2. The first-order valence-corrected chi connectivity index (χ1v) is 7.05. The van der Waals surface area contributed by atoms with Crippen molar-refractivity contribution < 1.29 is 8.42 Å². The maximum atomic E-state index is 11.9. The van der Waals surface area contributed by atoms with E-state index in [1.54, 1.807) is 12.1 Å². The molecule has 0 atom stereocenters. The Bertz CT molecular complexity index is 623. The Balaban J connectivity index is 2.33. The van der Waals surface area contributed by atoms with E-state index in [1.807, 2.05) is 13.0 Å². The summed E-state index contributed by atoms with van der Waals surface area (Å²) in [6.07, 6.45) is 1.39. The maximum Gasteiger partial charge on any atom is 0.278 e. The molecule has 0 bridgehead atoms. The Morgan fingerprint density at radius 1 is 1.35 bits per heavy atom. The third kappa shape index (κ3) is 2.67. The van der Waals surface area contributed by atoms with Crippen molar-refractivity contribution in [2.75, 3.05) is 4.72 Å². The molecule has 1 aromatic carbocycles. The van der Waals surface area contributed by atoms with Gasteiger partial charge in [0.05, 0.1) is 11.9 Å². The molecule has 0 amide bonds. The van der Waals surface area contributed by atoms with Crippen molar-refractivity contribution in [3.8, 4) is 0 Å². The zero-order valence-electron chi connectivity index (χ0n) is 8.94. The van der Waals surface area contributed by atoms with Crippen LogP contribution in [0.3, 0.4) is 0 Å². The summed E-state index contributed by atoms with van der Waals surface area (Å²) in [7, 11) is -3.59. The number of anilines is 1. The van der Waals surface area contributed by atoms with Crippen LogP contribution in [-0.4, -0.2) is 18.6 Å². The van der Waals surface area contributed by atoms with Gasteiger partial charge in [0.2, 0.25) is 0 Å². The lowest BCUT2D eigenvalue weighted by molar-refractivity contribution is 0.597. The molecule has 2 rings (SSSR count). The smallest absolute Gasteiger partial charge is 0.278 e. The summed E-state index contributed by atoms with van der Waals surface area (Å²) in [5, 5.41) is 6.08.